The molecule has 3 nitrogen and oxygen atoms in total. The molecular weight excluding hydrogens is 278 g/mol. The molecule has 4 heteroatoms. The third-order valence-electron chi connectivity index (χ3n) is 4.48. The van der Waals surface area contributed by atoms with Crippen molar-refractivity contribution >= 4 is 11.3 Å². The molecule has 1 aliphatic rings. The predicted octanol–water partition coefficient (Wildman–Crippen LogP) is 3.95. The molecule has 1 fully saturated rings. The van der Waals surface area contributed by atoms with Crippen LogP contribution in [0.2, 0.25) is 0 Å². The Kier molecular flexibility index (Phi) is 5.44. The van der Waals surface area contributed by atoms with Gasteiger partial charge in [-0.1, -0.05) is 27.2 Å². The third-order valence-corrected chi connectivity index (χ3v) is 5.76. The summed E-state index contributed by atoms with van der Waals surface area (Å²) in [6, 6.07) is 0.937. The van der Waals surface area contributed by atoms with Gasteiger partial charge in [-0.2, -0.15) is 0 Å². The van der Waals surface area contributed by atoms with Gasteiger partial charge in [-0.05, 0) is 45.7 Å². The molecular formula is C17H31N3S. The van der Waals surface area contributed by atoms with E-state index >= 15 is 0 Å². The Morgan fingerprint density at radius 1 is 1.38 bits per heavy atom. The molecule has 0 bridgehead atoms. The number of nitrogens with zero attached hydrogens (tertiary/aromatic N) is 2. The van der Waals surface area contributed by atoms with Crippen LogP contribution in [0.3, 0.4) is 0 Å². The van der Waals surface area contributed by atoms with Crippen LogP contribution >= 0.6 is 11.3 Å². The van der Waals surface area contributed by atoms with Crippen molar-refractivity contribution in [3.05, 3.63) is 16.1 Å². The van der Waals surface area contributed by atoms with E-state index in [0.29, 0.717) is 18.0 Å². The van der Waals surface area contributed by atoms with Crippen LogP contribution < -0.4 is 5.73 Å². The Bertz CT molecular complexity index is 447. The van der Waals surface area contributed by atoms with Crippen molar-refractivity contribution in [3.63, 3.8) is 0 Å². The highest BCUT2D eigenvalue weighted by molar-refractivity contribution is 7.09. The van der Waals surface area contributed by atoms with Crippen molar-refractivity contribution < 1.29 is 0 Å². The minimum Gasteiger partial charge on any atom is -0.330 e. The Labute approximate surface area is 133 Å². The number of likely N-dealkylation sites (tertiary alicyclic amines) is 1. The largest absolute Gasteiger partial charge is 0.330 e. The first kappa shape index (κ1) is 16.9. The SMILES string of the molecule is CC(C)N1CCCCC(CN)C1c1csc(C(C)(C)C)n1. The molecule has 120 valence electrons. The smallest absolute Gasteiger partial charge is 0.0982 e. The molecule has 1 saturated heterocycles. The number of hydrogen-bond donors (Lipinski definition) is 1. The summed E-state index contributed by atoms with van der Waals surface area (Å²) >= 11 is 1.80. The lowest BCUT2D eigenvalue weighted by atomic mass is 9.92. The molecule has 1 aromatic rings. The number of rotatable bonds is 3. The van der Waals surface area contributed by atoms with Gasteiger partial charge in [0, 0.05) is 16.8 Å². The highest BCUT2D eigenvalue weighted by atomic mass is 32.1. The van der Waals surface area contributed by atoms with E-state index in [2.05, 4.69) is 44.9 Å². The molecule has 2 unspecified atom stereocenters. The van der Waals surface area contributed by atoms with Crippen LogP contribution in [-0.2, 0) is 5.41 Å². The predicted molar refractivity (Wildman–Crippen MR) is 91.8 cm³/mol. The van der Waals surface area contributed by atoms with Gasteiger partial charge < -0.3 is 5.73 Å². The molecule has 1 aromatic heterocycles. The molecule has 2 atom stereocenters. The summed E-state index contributed by atoms with van der Waals surface area (Å²) < 4.78 is 0. The van der Waals surface area contributed by atoms with Crippen LogP contribution in [0.5, 0.6) is 0 Å². The first-order valence-electron chi connectivity index (χ1n) is 8.26. The zero-order valence-electron chi connectivity index (χ0n) is 14.2. The van der Waals surface area contributed by atoms with Gasteiger partial charge in [0.1, 0.15) is 0 Å². The lowest BCUT2D eigenvalue weighted by molar-refractivity contribution is 0.118. The monoisotopic (exact) mass is 309 g/mol. The maximum Gasteiger partial charge on any atom is 0.0982 e. The van der Waals surface area contributed by atoms with E-state index in [9.17, 15) is 0 Å². The topological polar surface area (TPSA) is 42.1 Å². The van der Waals surface area contributed by atoms with Crippen LogP contribution in [0.15, 0.2) is 5.38 Å². The second-order valence-electron chi connectivity index (χ2n) is 7.60. The van der Waals surface area contributed by atoms with Crippen molar-refractivity contribution in [3.8, 4) is 0 Å². The number of hydrogen-bond acceptors (Lipinski definition) is 4. The highest BCUT2D eigenvalue weighted by Crippen LogP contribution is 2.38. The average molecular weight is 310 g/mol. The molecule has 0 saturated carbocycles. The van der Waals surface area contributed by atoms with Gasteiger partial charge in [0.25, 0.3) is 0 Å². The van der Waals surface area contributed by atoms with Gasteiger partial charge in [-0.15, -0.1) is 11.3 Å². The van der Waals surface area contributed by atoms with Gasteiger partial charge in [0.05, 0.1) is 16.7 Å². The molecule has 2 N–H and O–H groups in total. The summed E-state index contributed by atoms with van der Waals surface area (Å²) in [4.78, 5) is 7.62. The summed E-state index contributed by atoms with van der Waals surface area (Å²) in [5.41, 5.74) is 7.48. The minimum absolute atomic E-state index is 0.133. The lowest BCUT2D eigenvalue weighted by Crippen LogP contribution is -2.40. The van der Waals surface area contributed by atoms with Crippen molar-refractivity contribution in [2.24, 2.45) is 11.7 Å². The van der Waals surface area contributed by atoms with Crippen molar-refractivity contribution in [1.82, 2.24) is 9.88 Å². The van der Waals surface area contributed by atoms with Crippen molar-refractivity contribution in [2.75, 3.05) is 13.1 Å². The van der Waals surface area contributed by atoms with Crippen molar-refractivity contribution in [2.45, 2.75) is 71.4 Å². The van der Waals surface area contributed by atoms with E-state index in [1.54, 1.807) is 11.3 Å². The fraction of sp³-hybridized carbons (Fsp3) is 0.824. The summed E-state index contributed by atoms with van der Waals surface area (Å²) in [5, 5.41) is 3.51. The molecule has 1 aliphatic heterocycles. The molecule has 0 aliphatic carbocycles. The lowest BCUT2D eigenvalue weighted by Gasteiger charge is -2.36. The zero-order chi connectivity index (χ0) is 15.6. The summed E-state index contributed by atoms with van der Waals surface area (Å²) in [6.07, 6.45) is 3.80. The number of nitrogens with two attached hydrogens (primary N) is 1. The summed E-state index contributed by atoms with van der Waals surface area (Å²) in [7, 11) is 0. The van der Waals surface area contributed by atoms with Gasteiger partial charge >= 0.3 is 0 Å². The second-order valence-corrected chi connectivity index (χ2v) is 8.45. The molecule has 2 rings (SSSR count). The molecule has 0 aromatic carbocycles. The zero-order valence-corrected chi connectivity index (χ0v) is 15.0. The Morgan fingerprint density at radius 2 is 2.10 bits per heavy atom. The highest BCUT2D eigenvalue weighted by Gasteiger charge is 2.34. The van der Waals surface area contributed by atoms with Crippen LogP contribution in [0, 0.1) is 5.92 Å². The summed E-state index contributed by atoms with van der Waals surface area (Å²) in [6.45, 7) is 13.2. The van der Waals surface area contributed by atoms with Crippen LogP contribution in [0.1, 0.15) is 70.6 Å². The van der Waals surface area contributed by atoms with E-state index in [0.717, 1.165) is 6.54 Å². The average Bonchev–Trinajstić information content (AvgIpc) is 2.78. The van der Waals surface area contributed by atoms with E-state index in [1.807, 2.05) is 0 Å². The van der Waals surface area contributed by atoms with Crippen LogP contribution in [0.4, 0.5) is 0 Å². The van der Waals surface area contributed by atoms with Gasteiger partial charge in [-0.25, -0.2) is 4.98 Å². The quantitative estimate of drug-likeness (QED) is 0.919. The first-order chi connectivity index (χ1) is 9.84. The normalized spacial score (nSPS) is 25.3. The third kappa shape index (κ3) is 3.85. The van der Waals surface area contributed by atoms with Crippen molar-refractivity contribution in [1.29, 1.82) is 0 Å². The van der Waals surface area contributed by atoms with E-state index < -0.39 is 0 Å². The van der Waals surface area contributed by atoms with Gasteiger partial charge in [0.2, 0.25) is 0 Å². The van der Waals surface area contributed by atoms with Gasteiger partial charge in [-0.3, -0.25) is 4.90 Å². The maximum absolute atomic E-state index is 6.10. The minimum atomic E-state index is 0.133. The summed E-state index contributed by atoms with van der Waals surface area (Å²) in [5.74, 6) is 0.532. The Balaban J connectivity index is 2.35. The molecule has 21 heavy (non-hydrogen) atoms. The Hall–Kier alpha value is -0.450. The fourth-order valence-electron chi connectivity index (χ4n) is 3.27. The number of thiazole rings is 1. The second kappa shape index (κ2) is 6.76. The van der Waals surface area contributed by atoms with E-state index in [4.69, 9.17) is 10.7 Å². The molecule has 0 spiro atoms. The van der Waals surface area contributed by atoms with Crippen LogP contribution in [0.25, 0.3) is 0 Å². The van der Waals surface area contributed by atoms with Gasteiger partial charge in [0.15, 0.2) is 0 Å². The fourth-order valence-corrected chi connectivity index (χ4v) is 4.21. The van der Waals surface area contributed by atoms with E-state index in [-0.39, 0.29) is 5.41 Å². The molecule has 0 radical (unpaired) electrons. The standard InChI is InChI=1S/C17H31N3S/c1-12(2)20-9-7-6-8-13(10-18)15(20)14-11-21-16(19-14)17(3,4)5/h11-13,15H,6-10,18H2,1-5H3. The Morgan fingerprint density at radius 3 is 2.62 bits per heavy atom. The molecule has 2 heterocycles. The first-order valence-corrected chi connectivity index (χ1v) is 9.14. The van der Waals surface area contributed by atoms with Crippen LogP contribution in [-0.4, -0.2) is 29.0 Å². The maximum atomic E-state index is 6.10. The molecule has 0 amide bonds. The van der Waals surface area contributed by atoms with E-state index in [1.165, 1.54) is 36.5 Å². The number of aromatic nitrogens is 1.